The fourth-order valence-corrected chi connectivity index (χ4v) is 3.61. The molecule has 0 saturated heterocycles. The molecule has 0 radical (unpaired) electrons. The summed E-state index contributed by atoms with van der Waals surface area (Å²) in [7, 11) is -3.65. The van der Waals surface area contributed by atoms with E-state index in [2.05, 4.69) is 5.32 Å². The van der Waals surface area contributed by atoms with Crippen LogP contribution in [0.4, 0.5) is 10.1 Å². The number of hydrogen-bond acceptors (Lipinski definition) is 3. The van der Waals surface area contributed by atoms with Gasteiger partial charge in [-0.2, -0.15) is 0 Å². The molecule has 2 aromatic carbocycles. The molecule has 1 amide bonds. The van der Waals surface area contributed by atoms with Crippen LogP contribution in [0.5, 0.6) is 0 Å². The van der Waals surface area contributed by atoms with Crippen molar-refractivity contribution in [2.45, 2.75) is 19.9 Å². The van der Waals surface area contributed by atoms with Crippen molar-refractivity contribution in [3.8, 4) is 0 Å². The lowest BCUT2D eigenvalue weighted by Crippen LogP contribution is -2.41. The summed E-state index contributed by atoms with van der Waals surface area (Å²) in [5.74, 6) is -1.02. The van der Waals surface area contributed by atoms with Crippen LogP contribution in [-0.2, 0) is 14.8 Å². The standard InChI is InChI=1S/C18H20ClFN2O3S/c1-12-6-4-5-7-17(12)22(26(3,24)25)11-18(23)21-13(2)14-8-9-16(20)15(19)10-14/h4-10,13H,11H2,1-3H3,(H,21,23). The first-order valence-electron chi connectivity index (χ1n) is 7.87. The molecule has 0 aliphatic heterocycles. The number of nitrogens with one attached hydrogen (secondary N) is 1. The molecule has 0 saturated carbocycles. The van der Waals surface area contributed by atoms with Crippen molar-refractivity contribution in [3.05, 3.63) is 64.4 Å². The molecule has 0 bridgehead atoms. The normalized spacial score (nSPS) is 12.5. The van der Waals surface area contributed by atoms with Crippen molar-refractivity contribution in [1.29, 1.82) is 0 Å². The number of aryl methyl sites for hydroxylation is 1. The molecule has 140 valence electrons. The molecule has 0 aliphatic rings. The highest BCUT2D eigenvalue weighted by Gasteiger charge is 2.23. The lowest BCUT2D eigenvalue weighted by molar-refractivity contribution is -0.120. The zero-order valence-electron chi connectivity index (χ0n) is 14.7. The zero-order valence-corrected chi connectivity index (χ0v) is 16.2. The van der Waals surface area contributed by atoms with Crippen LogP contribution in [0.1, 0.15) is 24.1 Å². The molecule has 0 heterocycles. The summed E-state index contributed by atoms with van der Waals surface area (Å²) in [4.78, 5) is 12.4. The lowest BCUT2D eigenvalue weighted by atomic mass is 10.1. The summed E-state index contributed by atoms with van der Waals surface area (Å²) in [5.41, 5.74) is 1.80. The third-order valence-electron chi connectivity index (χ3n) is 3.89. The number of rotatable bonds is 6. The highest BCUT2D eigenvalue weighted by atomic mass is 35.5. The van der Waals surface area contributed by atoms with Gasteiger partial charge in [-0.05, 0) is 43.2 Å². The molecule has 1 N–H and O–H groups in total. The smallest absolute Gasteiger partial charge is 0.241 e. The van der Waals surface area contributed by atoms with Gasteiger partial charge < -0.3 is 5.32 Å². The molecule has 8 heteroatoms. The average molecular weight is 399 g/mol. The van der Waals surface area contributed by atoms with Gasteiger partial charge in [0.25, 0.3) is 0 Å². The minimum atomic E-state index is -3.65. The monoisotopic (exact) mass is 398 g/mol. The van der Waals surface area contributed by atoms with Gasteiger partial charge in [-0.25, -0.2) is 12.8 Å². The molecule has 0 spiro atoms. The SMILES string of the molecule is Cc1ccccc1N(CC(=O)NC(C)c1ccc(F)c(Cl)c1)S(C)(=O)=O. The van der Waals surface area contributed by atoms with Gasteiger partial charge in [0.2, 0.25) is 15.9 Å². The Morgan fingerprint density at radius 1 is 1.27 bits per heavy atom. The van der Waals surface area contributed by atoms with Crippen LogP contribution in [-0.4, -0.2) is 27.1 Å². The largest absolute Gasteiger partial charge is 0.348 e. The van der Waals surface area contributed by atoms with E-state index < -0.39 is 27.8 Å². The van der Waals surface area contributed by atoms with Gasteiger partial charge in [0.05, 0.1) is 23.0 Å². The first-order chi connectivity index (χ1) is 12.1. The first kappa shape index (κ1) is 20.2. The Balaban J connectivity index is 2.17. The molecule has 1 atom stereocenters. The number of carbonyl (C=O) groups is 1. The van der Waals surface area contributed by atoms with Crippen molar-refractivity contribution >= 4 is 33.2 Å². The number of sulfonamides is 1. The van der Waals surface area contributed by atoms with E-state index in [0.717, 1.165) is 16.1 Å². The highest BCUT2D eigenvalue weighted by molar-refractivity contribution is 7.92. The number of para-hydroxylation sites is 1. The van der Waals surface area contributed by atoms with Crippen LogP contribution in [0.15, 0.2) is 42.5 Å². The van der Waals surface area contributed by atoms with Crippen molar-refractivity contribution in [1.82, 2.24) is 5.32 Å². The van der Waals surface area contributed by atoms with Crippen LogP contribution < -0.4 is 9.62 Å². The Labute approximate surface area is 157 Å². The summed E-state index contributed by atoms with van der Waals surface area (Å²) in [6, 6.07) is 10.6. The van der Waals surface area contributed by atoms with Gasteiger partial charge in [-0.3, -0.25) is 9.10 Å². The number of anilines is 1. The van der Waals surface area contributed by atoms with E-state index in [1.165, 1.54) is 18.2 Å². The van der Waals surface area contributed by atoms with Gasteiger partial charge >= 0.3 is 0 Å². The Bertz CT molecular complexity index is 918. The van der Waals surface area contributed by atoms with Crippen LogP contribution in [0.25, 0.3) is 0 Å². The van der Waals surface area contributed by atoms with Crippen molar-refractivity contribution < 1.29 is 17.6 Å². The summed E-state index contributed by atoms with van der Waals surface area (Å²) in [5, 5.41) is 2.67. The van der Waals surface area contributed by atoms with Crippen LogP contribution in [0.3, 0.4) is 0 Å². The maximum atomic E-state index is 13.3. The second-order valence-electron chi connectivity index (χ2n) is 6.02. The van der Waals surface area contributed by atoms with Crippen molar-refractivity contribution in [2.75, 3.05) is 17.1 Å². The minimum absolute atomic E-state index is 0.0405. The third kappa shape index (κ3) is 4.95. The number of halogens is 2. The van der Waals surface area contributed by atoms with Gasteiger partial charge in [-0.1, -0.05) is 35.9 Å². The Hall–Kier alpha value is -2.12. The van der Waals surface area contributed by atoms with E-state index in [9.17, 15) is 17.6 Å². The predicted octanol–water partition coefficient (Wildman–Crippen LogP) is 3.43. The Morgan fingerprint density at radius 3 is 2.50 bits per heavy atom. The van der Waals surface area contributed by atoms with E-state index in [1.54, 1.807) is 38.1 Å². The van der Waals surface area contributed by atoms with Crippen molar-refractivity contribution in [3.63, 3.8) is 0 Å². The quantitative estimate of drug-likeness (QED) is 0.810. The van der Waals surface area contributed by atoms with Crippen LogP contribution >= 0.6 is 11.6 Å². The number of nitrogens with zero attached hydrogens (tertiary/aromatic N) is 1. The van der Waals surface area contributed by atoms with E-state index >= 15 is 0 Å². The number of hydrogen-bond donors (Lipinski definition) is 1. The lowest BCUT2D eigenvalue weighted by Gasteiger charge is -2.24. The second-order valence-corrected chi connectivity index (χ2v) is 8.33. The molecule has 2 rings (SSSR count). The van der Waals surface area contributed by atoms with Gasteiger partial charge in [0.15, 0.2) is 0 Å². The van der Waals surface area contributed by atoms with E-state index in [-0.39, 0.29) is 11.6 Å². The average Bonchev–Trinajstić information content (AvgIpc) is 2.55. The summed E-state index contributed by atoms with van der Waals surface area (Å²) in [6.45, 7) is 3.12. The summed E-state index contributed by atoms with van der Waals surface area (Å²) < 4.78 is 38.6. The molecule has 26 heavy (non-hydrogen) atoms. The minimum Gasteiger partial charge on any atom is -0.348 e. The topological polar surface area (TPSA) is 66.5 Å². The van der Waals surface area contributed by atoms with Gasteiger partial charge in [-0.15, -0.1) is 0 Å². The van der Waals surface area contributed by atoms with E-state index in [4.69, 9.17) is 11.6 Å². The van der Waals surface area contributed by atoms with Gasteiger partial charge in [0, 0.05) is 0 Å². The molecule has 1 unspecified atom stereocenters. The molecular formula is C18H20ClFN2O3S. The zero-order chi connectivity index (χ0) is 19.5. The number of benzene rings is 2. The number of amides is 1. The molecule has 0 aliphatic carbocycles. The first-order valence-corrected chi connectivity index (χ1v) is 10.1. The Morgan fingerprint density at radius 2 is 1.92 bits per heavy atom. The molecular weight excluding hydrogens is 379 g/mol. The summed E-state index contributed by atoms with van der Waals surface area (Å²) in [6.07, 6.45) is 1.05. The van der Waals surface area contributed by atoms with Gasteiger partial charge in [0.1, 0.15) is 12.4 Å². The maximum Gasteiger partial charge on any atom is 0.241 e. The molecule has 0 fully saturated rings. The second kappa shape index (κ2) is 8.05. The molecule has 0 aromatic heterocycles. The maximum absolute atomic E-state index is 13.3. The highest BCUT2D eigenvalue weighted by Crippen LogP contribution is 2.23. The Kier molecular flexibility index (Phi) is 6.26. The van der Waals surface area contributed by atoms with E-state index in [0.29, 0.717) is 11.3 Å². The molecule has 5 nitrogen and oxygen atoms in total. The number of carbonyl (C=O) groups excluding carboxylic acids is 1. The molecule has 2 aromatic rings. The van der Waals surface area contributed by atoms with Crippen molar-refractivity contribution in [2.24, 2.45) is 0 Å². The van der Waals surface area contributed by atoms with Crippen LogP contribution in [0.2, 0.25) is 5.02 Å². The third-order valence-corrected chi connectivity index (χ3v) is 5.31. The fraction of sp³-hybridized carbons (Fsp3) is 0.278. The predicted molar refractivity (Wildman–Crippen MR) is 101 cm³/mol. The fourth-order valence-electron chi connectivity index (χ4n) is 2.51. The summed E-state index contributed by atoms with van der Waals surface area (Å²) >= 11 is 5.76. The van der Waals surface area contributed by atoms with E-state index in [1.807, 2.05) is 0 Å². The van der Waals surface area contributed by atoms with Crippen LogP contribution in [0, 0.1) is 12.7 Å².